The van der Waals surface area contributed by atoms with Crippen LogP contribution in [0.4, 0.5) is 22.0 Å². The van der Waals surface area contributed by atoms with Crippen LogP contribution in [0.3, 0.4) is 0 Å². The zero-order chi connectivity index (χ0) is 24.9. The molecule has 2 aromatic carbocycles. The Kier molecular flexibility index (Phi) is 6.37. The van der Waals surface area contributed by atoms with Crippen molar-refractivity contribution in [2.24, 2.45) is 0 Å². The zero-order valence-corrected chi connectivity index (χ0v) is 18.9. The summed E-state index contributed by atoms with van der Waals surface area (Å²) in [5.41, 5.74) is -5.64. The second-order valence-electron chi connectivity index (χ2n) is 8.73. The molecule has 2 atom stereocenters. The lowest BCUT2D eigenvalue weighted by Gasteiger charge is -2.28. The number of sulfone groups is 1. The van der Waals surface area contributed by atoms with Crippen LogP contribution in [0.1, 0.15) is 66.7 Å². The molecule has 0 heterocycles. The quantitative estimate of drug-likeness (QED) is 0.589. The molecule has 2 unspecified atom stereocenters. The Bertz CT molecular complexity index is 1250. The molecule has 1 aliphatic rings. The van der Waals surface area contributed by atoms with Crippen molar-refractivity contribution in [1.82, 2.24) is 0 Å². The highest BCUT2D eigenvalue weighted by Crippen LogP contribution is 2.44. The number of fused-ring (bicyclic) bond motifs is 1. The number of hydrogen-bond acceptors (Lipinski definition) is 4. The smallest absolute Gasteiger partial charge is 0.385 e. The van der Waals surface area contributed by atoms with Gasteiger partial charge in [-0.15, -0.1) is 0 Å². The normalized spacial score (nSPS) is 18.8. The summed E-state index contributed by atoms with van der Waals surface area (Å²) in [5, 5.41) is 19.8. The van der Waals surface area contributed by atoms with E-state index in [0.717, 1.165) is 12.1 Å². The molecule has 33 heavy (non-hydrogen) atoms. The molecule has 0 amide bonds. The third-order valence-corrected chi connectivity index (χ3v) is 7.91. The van der Waals surface area contributed by atoms with E-state index in [9.17, 15) is 40.7 Å². The fourth-order valence-electron chi connectivity index (χ4n) is 4.18. The maximum Gasteiger partial charge on any atom is 0.501 e. The summed E-state index contributed by atoms with van der Waals surface area (Å²) in [4.78, 5) is -1.19. The van der Waals surface area contributed by atoms with Gasteiger partial charge in [-0.1, -0.05) is 26.8 Å². The van der Waals surface area contributed by atoms with Crippen molar-refractivity contribution in [3.63, 3.8) is 0 Å². The predicted octanol–water partition coefficient (Wildman–Crippen LogP) is 5.20. The standard InChI is InChI=1S/C23H22F5NO3S/c1-4-22(2,3)17-9-14(24)7-13(11-29)15(17)8-12-5-6-19(33(31,32)23(26,27)28)20-16(12)10-18(25)21(20)30/h5-7,9,18,21,30H,4,8,10H2,1-3H3. The molecule has 0 radical (unpaired) electrons. The Morgan fingerprint density at radius 2 is 1.85 bits per heavy atom. The molecular formula is C23H22F5NO3S. The number of benzene rings is 2. The van der Waals surface area contributed by atoms with Crippen LogP contribution in [0, 0.1) is 17.1 Å². The number of nitriles is 1. The molecule has 178 valence electrons. The molecule has 0 saturated carbocycles. The van der Waals surface area contributed by atoms with Crippen LogP contribution in [-0.2, 0) is 28.1 Å². The summed E-state index contributed by atoms with van der Waals surface area (Å²) in [6.45, 7) is 5.56. The lowest BCUT2D eigenvalue weighted by molar-refractivity contribution is -0.0437. The van der Waals surface area contributed by atoms with E-state index in [1.54, 1.807) is 0 Å². The van der Waals surface area contributed by atoms with Crippen LogP contribution in [0.2, 0.25) is 0 Å². The Morgan fingerprint density at radius 3 is 2.39 bits per heavy atom. The molecule has 0 aliphatic heterocycles. The molecule has 4 nitrogen and oxygen atoms in total. The van der Waals surface area contributed by atoms with Crippen LogP contribution in [-0.4, -0.2) is 25.2 Å². The van der Waals surface area contributed by atoms with E-state index in [0.29, 0.717) is 23.6 Å². The molecule has 0 aromatic heterocycles. The van der Waals surface area contributed by atoms with Crippen molar-refractivity contribution >= 4 is 9.84 Å². The second kappa shape index (κ2) is 8.37. The van der Waals surface area contributed by atoms with Crippen molar-refractivity contribution in [2.75, 3.05) is 0 Å². The lowest BCUT2D eigenvalue weighted by atomic mass is 9.77. The average molecular weight is 487 g/mol. The number of hydrogen-bond donors (Lipinski definition) is 1. The highest BCUT2D eigenvalue weighted by Gasteiger charge is 2.50. The Morgan fingerprint density at radius 1 is 1.21 bits per heavy atom. The third-order valence-electron chi connectivity index (χ3n) is 6.36. The topological polar surface area (TPSA) is 78.2 Å². The van der Waals surface area contributed by atoms with Gasteiger partial charge in [-0.3, -0.25) is 0 Å². The highest BCUT2D eigenvalue weighted by atomic mass is 32.2. The van der Waals surface area contributed by atoms with Gasteiger partial charge in [0.2, 0.25) is 0 Å². The molecule has 1 aliphatic carbocycles. The molecule has 0 spiro atoms. The van der Waals surface area contributed by atoms with E-state index in [1.807, 2.05) is 26.8 Å². The predicted molar refractivity (Wildman–Crippen MR) is 110 cm³/mol. The average Bonchev–Trinajstić information content (AvgIpc) is 3.03. The Labute approximate surface area is 188 Å². The number of alkyl halides is 4. The van der Waals surface area contributed by atoms with Crippen molar-refractivity contribution in [2.45, 2.75) is 68.1 Å². The summed E-state index contributed by atoms with van der Waals surface area (Å²) >= 11 is 0. The van der Waals surface area contributed by atoms with Crippen molar-refractivity contribution in [3.05, 3.63) is 63.5 Å². The minimum Gasteiger partial charge on any atom is -0.385 e. The van der Waals surface area contributed by atoms with Gasteiger partial charge >= 0.3 is 5.51 Å². The Balaban J connectivity index is 2.26. The van der Waals surface area contributed by atoms with E-state index < -0.39 is 55.7 Å². The first-order valence-corrected chi connectivity index (χ1v) is 11.6. The zero-order valence-electron chi connectivity index (χ0n) is 18.1. The van der Waals surface area contributed by atoms with Gasteiger partial charge in [0.1, 0.15) is 18.1 Å². The van der Waals surface area contributed by atoms with Crippen LogP contribution < -0.4 is 0 Å². The summed E-state index contributed by atoms with van der Waals surface area (Å²) in [5.74, 6) is -0.622. The summed E-state index contributed by atoms with van der Waals surface area (Å²) < 4.78 is 92.3. The first-order valence-electron chi connectivity index (χ1n) is 10.2. The number of aliphatic hydroxyl groups is 1. The first-order chi connectivity index (χ1) is 15.2. The van der Waals surface area contributed by atoms with Crippen molar-refractivity contribution < 1.29 is 35.5 Å². The van der Waals surface area contributed by atoms with Crippen molar-refractivity contribution in [1.29, 1.82) is 5.26 Å². The van der Waals surface area contributed by atoms with Gasteiger partial charge in [0.25, 0.3) is 9.84 Å². The van der Waals surface area contributed by atoms with Crippen LogP contribution in [0.5, 0.6) is 0 Å². The molecular weight excluding hydrogens is 465 g/mol. The van der Waals surface area contributed by atoms with E-state index in [2.05, 4.69) is 0 Å². The van der Waals surface area contributed by atoms with E-state index in [4.69, 9.17) is 0 Å². The van der Waals surface area contributed by atoms with Gasteiger partial charge in [0.15, 0.2) is 0 Å². The Hall–Kier alpha value is -2.51. The second-order valence-corrected chi connectivity index (χ2v) is 10.6. The molecule has 0 fully saturated rings. The first kappa shape index (κ1) is 25.1. The fraction of sp³-hybridized carbons (Fsp3) is 0.435. The highest BCUT2D eigenvalue weighted by molar-refractivity contribution is 7.92. The van der Waals surface area contributed by atoms with Gasteiger partial charge in [-0.05, 0) is 58.7 Å². The number of halogens is 5. The van der Waals surface area contributed by atoms with Crippen molar-refractivity contribution in [3.8, 4) is 6.07 Å². The van der Waals surface area contributed by atoms with Gasteiger partial charge in [-0.2, -0.15) is 18.4 Å². The minimum absolute atomic E-state index is 0.0163. The molecule has 3 rings (SSSR count). The summed E-state index contributed by atoms with van der Waals surface area (Å²) in [7, 11) is -5.83. The number of aliphatic hydroxyl groups excluding tert-OH is 1. The lowest BCUT2D eigenvalue weighted by Crippen LogP contribution is -2.25. The van der Waals surface area contributed by atoms with Crippen LogP contribution in [0.25, 0.3) is 0 Å². The SMILES string of the molecule is CCC(C)(C)c1cc(F)cc(C#N)c1Cc1ccc(S(=O)(=O)C(F)(F)F)c2c1CC(F)C2O. The third kappa shape index (κ3) is 4.24. The molecule has 2 aromatic rings. The minimum atomic E-state index is -5.83. The van der Waals surface area contributed by atoms with E-state index >= 15 is 0 Å². The van der Waals surface area contributed by atoms with Crippen LogP contribution >= 0.6 is 0 Å². The van der Waals surface area contributed by atoms with E-state index in [-0.39, 0.29) is 23.1 Å². The number of nitrogens with zero attached hydrogens (tertiary/aromatic N) is 1. The summed E-state index contributed by atoms with van der Waals surface area (Å²) in [6.07, 6.45) is -4.00. The summed E-state index contributed by atoms with van der Waals surface area (Å²) in [6, 6.07) is 6.10. The van der Waals surface area contributed by atoms with Gasteiger partial charge in [-0.25, -0.2) is 17.2 Å². The van der Waals surface area contributed by atoms with Gasteiger partial charge < -0.3 is 5.11 Å². The number of rotatable bonds is 5. The fourth-order valence-corrected chi connectivity index (χ4v) is 5.21. The molecule has 0 bridgehead atoms. The van der Waals surface area contributed by atoms with Crippen LogP contribution in [0.15, 0.2) is 29.2 Å². The van der Waals surface area contributed by atoms with Gasteiger partial charge in [0, 0.05) is 12.0 Å². The monoisotopic (exact) mass is 487 g/mol. The van der Waals surface area contributed by atoms with Gasteiger partial charge in [0.05, 0.1) is 16.5 Å². The molecule has 1 N–H and O–H groups in total. The molecule has 0 saturated heterocycles. The molecule has 10 heteroatoms. The maximum atomic E-state index is 14.4. The largest absolute Gasteiger partial charge is 0.501 e. The maximum absolute atomic E-state index is 14.4. The van der Waals surface area contributed by atoms with E-state index in [1.165, 1.54) is 6.07 Å².